The standard InChI is InChI=1S/C23H25N2/c1-18-10-9-11-19(2)23(18)24-17-25(3,21-13-5-4-6-14-21)16-20-12-7-8-15-22(20)24/h4-15H,16-17H2,1-3H3/q+1. The molecule has 4 rings (SSSR count). The highest BCUT2D eigenvalue weighted by Crippen LogP contribution is 2.40. The SMILES string of the molecule is Cc1cccc(C)c1N1C[N+](C)(c2ccccc2)Cc2ccccc21. The van der Waals surface area contributed by atoms with Gasteiger partial charge in [0, 0.05) is 5.56 Å². The summed E-state index contributed by atoms with van der Waals surface area (Å²) >= 11 is 0. The van der Waals surface area contributed by atoms with Crippen molar-refractivity contribution in [1.29, 1.82) is 0 Å². The number of rotatable bonds is 2. The number of nitrogens with zero attached hydrogens (tertiary/aromatic N) is 2. The molecule has 0 spiro atoms. The van der Waals surface area contributed by atoms with Crippen LogP contribution in [-0.2, 0) is 6.54 Å². The summed E-state index contributed by atoms with van der Waals surface area (Å²) in [5, 5.41) is 0. The molecule has 126 valence electrons. The highest BCUT2D eigenvalue weighted by Gasteiger charge is 2.36. The van der Waals surface area contributed by atoms with Crippen LogP contribution in [0.1, 0.15) is 16.7 Å². The van der Waals surface area contributed by atoms with E-state index in [9.17, 15) is 0 Å². The van der Waals surface area contributed by atoms with Crippen LogP contribution in [0.3, 0.4) is 0 Å². The topological polar surface area (TPSA) is 3.24 Å². The van der Waals surface area contributed by atoms with Crippen LogP contribution in [0.4, 0.5) is 17.1 Å². The van der Waals surface area contributed by atoms with Crippen LogP contribution in [0.25, 0.3) is 0 Å². The quantitative estimate of drug-likeness (QED) is 0.557. The second-order valence-corrected chi connectivity index (χ2v) is 7.33. The zero-order valence-corrected chi connectivity index (χ0v) is 15.2. The molecule has 0 aromatic heterocycles. The monoisotopic (exact) mass is 329 g/mol. The molecule has 0 saturated carbocycles. The van der Waals surface area contributed by atoms with E-state index in [1.165, 1.54) is 33.8 Å². The molecule has 1 unspecified atom stereocenters. The van der Waals surface area contributed by atoms with Crippen molar-refractivity contribution in [3.05, 3.63) is 89.5 Å². The van der Waals surface area contributed by atoms with Crippen molar-refractivity contribution in [3.63, 3.8) is 0 Å². The van der Waals surface area contributed by atoms with Gasteiger partial charge < -0.3 is 0 Å². The zero-order chi connectivity index (χ0) is 17.4. The third kappa shape index (κ3) is 2.73. The smallest absolute Gasteiger partial charge is 0.163 e. The van der Waals surface area contributed by atoms with E-state index in [4.69, 9.17) is 0 Å². The van der Waals surface area contributed by atoms with Gasteiger partial charge in [0.05, 0.1) is 18.4 Å². The lowest BCUT2D eigenvalue weighted by molar-refractivity contribution is 0.316. The molecular weight excluding hydrogens is 304 g/mol. The average molecular weight is 329 g/mol. The number of hydrogen-bond acceptors (Lipinski definition) is 1. The number of benzene rings is 3. The van der Waals surface area contributed by atoms with Gasteiger partial charge in [-0.1, -0.05) is 54.6 Å². The third-order valence-corrected chi connectivity index (χ3v) is 5.34. The van der Waals surface area contributed by atoms with Gasteiger partial charge in [0.1, 0.15) is 12.2 Å². The molecule has 0 fully saturated rings. The summed E-state index contributed by atoms with van der Waals surface area (Å²) in [4.78, 5) is 2.51. The van der Waals surface area contributed by atoms with Crippen molar-refractivity contribution in [2.24, 2.45) is 0 Å². The molecular formula is C23H25N2+. The number of anilines is 2. The largest absolute Gasteiger partial charge is 0.293 e. The van der Waals surface area contributed by atoms with Gasteiger partial charge in [0.15, 0.2) is 6.67 Å². The summed E-state index contributed by atoms with van der Waals surface area (Å²) in [6, 6.07) is 26.3. The molecule has 0 radical (unpaired) electrons. The van der Waals surface area contributed by atoms with Crippen molar-refractivity contribution in [2.45, 2.75) is 20.4 Å². The molecule has 0 amide bonds. The van der Waals surface area contributed by atoms with Crippen molar-refractivity contribution < 1.29 is 0 Å². The number of para-hydroxylation sites is 3. The molecule has 3 aromatic rings. The van der Waals surface area contributed by atoms with Crippen molar-refractivity contribution in [2.75, 3.05) is 18.6 Å². The van der Waals surface area contributed by atoms with Gasteiger partial charge in [-0.2, -0.15) is 0 Å². The maximum absolute atomic E-state index is 2.51. The third-order valence-electron chi connectivity index (χ3n) is 5.34. The van der Waals surface area contributed by atoms with Gasteiger partial charge >= 0.3 is 0 Å². The lowest BCUT2D eigenvalue weighted by Crippen LogP contribution is -2.54. The summed E-state index contributed by atoms with van der Waals surface area (Å²) in [6.45, 7) is 6.38. The first kappa shape index (κ1) is 15.9. The lowest BCUT2D eigenvalue weighted by Gasteiger charge is -2.45. The van der Waals surface area contributed by atoms with Crippen LogP contribution in [0, 0.1) is 13.8 Å². The first-order valence-electron chi connectivity index (χ1n) is 8.90. The maximum atomic E-state index is 2.51. The van der Waals surface area contributed by atoms with Crippen molar-refractivity contribution in [1.82, 2.24) is 4.48 Å². The first-order valence-corrected chi connectivity index (χ1v) is 8.90. The second-order valence-electron chi connectivity index (χ2n) is 7.33. The fourth-order valence-corrected chi connectivity index (χ4v) is 4.11. The summed E-state index contributed by atoms with van der Waals surface area (Å²) in [6.07, 6.45) is 0. The molecule has 2 heteroatoms. The second kappa shape index (κ2) is 6.05. The van der Waals surface area contributed by atoms with E-state index < -0.39 is 0 Å². The molecule has 0 aliphatic carbocycles. The van der Waals surface area contributed by atoms with Gasteiger partial charge in [-0.05, 0) is 43.2 Å². The Morgan fingerprint density at radius 2 is 1.40 bits per heavy atom. The van der Waals surface area contributed by atoms with E-state index in [1.54, 1.807) is 0 Å². The van der Waals surface area contributed by atoms with Crippen LogP contribution >= 0.6 is 0 Å². The highest BCUT2D eigenvalue weighted by molar-refractivity contribution is 5.73. The molecule has 1 aliphatic heterocycles. The van der Waals surface area contributed by atoms with Crippen molar-refractivity contribution >= 4 is 17.1 Å². The molecule has 1 atom stereocenters. The Morgan fingerprint density at radius 1 is 0.760 bits per heavy atom. The molecule has 3 aromatic carbocycles. The highest BCUT2D eigenvalue weighted by atomic mass is 15.5. The molecule has 1 aliphatic rings. The van der Waals surface area contributed by atoms with E-state index >= 15 is 0 Å². The zero-order valence-electron chi connectivity index (χ0n) is 15.2. The Morgan fingerprint density at radius 3 is 2.12 bits per heavy atom. The van der Waals surface area contributed by atoms with Crippen LogP contribution in [0.15, 0.2) is 72.8 Å². The predicted molar refractivity (Wildman–Crippen MR) is 107 cm³/mol. The summed E-state index contributed by atoms with van der Waals surface area (Å²) in [7, 11) is 2.34. The fraction of sp³-hybridized carbons (Fsp3) is 0.217. The Balaban J connectivity index is 1.89. The number of hydrogen-bond donors (Lipinski definition) is 0. The maximum Gasteiger partial charge on any atom is 0.163 e. The average Bonchev–Trinajstić information content (AvgIpc) is 2.62. The fourth-order valence-electron chi connectivity index (χ4n) is 4.11. The Kier molecular flexibility index (Phi) is 3.85. The van der Waals surface area contributed by atoms with Crippen LogP contribution in [-0.4, -0.2) is 13.7 Å². The molecule has 1 heterocycles. The van der Waals surface area contributed by atoms with E-state index in [2.05, 4.69) is 98.6 Å². The first-order chi connectivity index (χ1) is 12.1. The lowest BCUT2D eigenvalue weighted by atomic mass is 10.0. The summed E-state index contributed by atoms with van der Waals surface area (Å²) in [5.74, 6) is 0. The minimum atomic E-state index is 0.881. The molecule has 0 N–H and O–H groups in total. The van der Waals surface area contributed by atoms with Gasteiger partial charge in [0.2, 0.25) is 0 Å². The van der Waals surface area contributed by atoms with E-state index in [-0.39, 0.29) is 0 Å². The van der Waals surface area contributed by atoms with Gasteiger partial charge in [-0.3, -0.25) is 9.38 Å². The van der Waals surface area contributed by atoms with Gasteiger partial charge in [0.25, 0.3) is 0 Å². The molecule has 0 saturated heterocycles. The Bertz CT molecular complexity index is 881. The van der Waals surface area contributed by atoms with Gasteiger partial charge in [-0.25, -0.2) is 0 Å². The van der Waals surface area contributed by atoms with Crippen LogP contribution < -0.4 is 9.38 Å². The van der Waals surface area contributed by atoms with E-state index in [1.807, 2.05) is 0 Å². The summed E-state index contributed by atoms with van der Waals surface area (Å²) < 4.78 is 0.881. The minimum absolute atomic E-state index is 0.881. The normalized spacial score (nSPS) is 19.6. The molecule has 2 nitrogen and oxygen atoms in total. The van der Waals surface area contributed by atoms with E-state index in [0.29, 0.717) is 0 Å². The van der Waals surface area contributed by atoms with Crippen molar-refractivity contribution in [3.8, 4) is 0 Å². The molecule has 25 heavy (non-hydrogen) atoms. The predicted octanol–water partition coefficient (Wildman–Crippen LogP) is 5.55. The Hall–Kier alpha value is -2.58. The number of aryl methyl sites for hydroxylation is 2. The Labute approximate surface area is 150 Å². The van der Waals surface area contributed by atoms with Crippen LogP contribution in [0.5, 0.6) is 0 Å². The van der Waals surface area contributed by atoms with Crippen LogP contribution in [0.2, 0.25) is 0 Å². The minimum Gasteiger partial charge on any atom is -0.293 e. The molecule has 0 bridgehead atoms. The summed E-state index contributed by atoms with van der Waals surface area (Å²) in [5.41, 5.74) is 8.10. The van der Waals surface area contributed by atoms with Gasteiger partial charge in [-0.15, -0.1) is 0 Å². The number of quaternary nitrogens is 1. The number of fused-ring (bicyclic) bond motifs is 1. The van der Waals surface area contributed by atoms with E-state index in [0.717, 1.165) is 17.7 Å².